The molecule has 0 radical (unpaired) electrons. The summed E-state index contributed by atoms with van der Waals surface area (Å²) in [4.78, 5) is 24.7. The summed E-state index contributed by atoms with van der Waals surface area (Å²) in [6.07, 6.45) is 0. The third kappa shape index (κ3) is 2.18. The molecule has 1 fully saturated rings. The van der Waals surface area contributed by atoms with Gasteiger partial charge in [0.15, 0.2) is 5.78 Å². The van der Waals surface area contributed by atoms with Gasteiger partial charge in [0.25, 0.3) is 0 Å². The van der Waals surface area contributed by atoms with Crippen molar-refractivity contribution in [3.8, 4) is 0 Å². The maximum atomic E-state index is 12.5. The summed E-state index contributed by atoms with van der Waals surface area (Å²) in [6.45, 7) is 9.88. The van der Waals surface area contributed by atoms with Crippen LogP contribution in [0, 0.1) is 26.7 Å². The van der Waals surface area contributed by atoms with Gasteiger partial charge in [0.2, 0.25) is 5.91 Å². The van der Waals surface area contributed by atoms with Gasteiger partial charge in [-0.15, -0.1) is 0 Å². The quantitative estimate of drug-likeness (QED) is 0.829. The fourth-order valence-electron chi connectivity index (χ4n) is 2.80. The second kappa shape index (κ2) is 4.80. The Morgan fingerprint density at radius 2 is 1.63 bits per heavy atom. The molecule has 3 heteroatoms. The molecule has 19 heavy (non-hydrogen) atoms. The van der Waals surface area contributed by atoms with Gasteiger partial charge in [-0.1, -0.05) is 26.0 Å². The molecule has 1 N–H and O–H groups in total. The second-order valence-electron chi connectivity index (χ2n) is 5.80. The van der Waals surface area contributed by atoms with Crippen molar-refractivity contribution in [2.75, 3.05) is 0 Å². The van der Waals surface area contributed by atoms with E-state index in [2.05, 4.69) is 5.32 Å². The van der Waals surface area contributed by atoms with E-state index >= 15 is 0 Å². The Morgan fingerprint density at radius 1 is 1.05 bits per heavy atom. The summed E-state index contributed by atoms with van der Waals surface area (Å²) in [7, 11) is 0. The van der Waals surface area contributed by atoms with Crippen molar-refractivity contribution < 1.29 is 9.59 Å². The summed E-state index contributed by atoms with van der Waals surface area (Å²) in [6, 6.07) is 3.67. The summed E-state index contributed by atoms with van der Waals surface area (Å²) < 4.78 is 0. The molecule has 3 nitrogen and oxygen atoms in total. The van der Waals surface area contributed by atoms with Crippen LogP contribution < -0.4 is 5.32 Å². The second-order valence-corrected chi connectivity index (χ2v) is 5.80. The average molecular weight is 259 g/mol. The van der Waals surface area contributed by atoms with Crippen LogP contribution >= 0.6 is 0 Å². The summed E-state index contributed by atoms with van der Waals surface area (Å²) in [5.41, 5.74) is 4.08. The van der Waals surface area contributed by atoms with Gasteiger partial charge in [0.05, 0.1) is 6.04 Å². The lowest BCUT2D eigenvalue weighted by Crippen LogP contribution is -2.33. The molecule has 1 amide bonds. The number of ketones is 1. The van der Waals surface area contributed by atoms with Gasteiger partial charge in [-0.25, -0.2) is 0 Å². The number of aryl methyl sites for hydroxylation is 2. The molecule has 2 unspecified atom stereocenters. The van der Waals surface area contributed by atoms with Gasteiger partial charge < -0.3 is 5.32 Å². The highest BCUT2D eigenvalue weighted by Gasteiger charge is 2.44. The minimum Gasteiger partial charge on any atom is -0.345 e. The normalized spacial score (nSPS) is 23.1. The Bertz CT molecular complexity index is 546. The molecule has 0 spiro atoms. The molecule has 1 aliphatic heterocycles. The van der Waals surface area contributed by atoms with E-state index in [0.29, 0.717) is 0 Å². The first-order valence-electron chi connectivity index (χ1n) is 6.75. The zero-order valence-corrected chi connectivity index (χ0v) is 12.2. The maximum Gasteiger partial charge on any atom is 0.235 e. The average Bonchev–Trinajstić information content (AvgIpc) is 2.62. The fourth-order valence-corrected chi connectivity index (χ4v) is 2.80. The van der Waals surface area contributed by atoms with E-state index in [4.69, 9.17) is 0 Å². The van der Waals surface area contributed by atoms with Crippen LogP contribution in [0.25, 0.3) is 0 Å². The smallest absolute Gasteiger partial charge is 0.235 e. The predicted molar refractivity (Wildman–Crippen MR) is 75.2 cm³/mol. The highest BCUT2D eigenvalue weighted by atomic mass is 16.2. The van der Waals surface area contributed by atoms with Gasteiger partial charge >= 0.3 is 0 Å². The zero-order chi connectivity index (χ0) is 14.3. The number of hydrogen-bond donors (Lipinski definition) is 1. The minimum atomic E-state index is -0.632. The lowest BCUT2D eigenvalue weighted by molar-refractivity contribution is -0.124. The van der Waals surface area contributed by atoms with Crippen molar-refractivity contribution in [1.82, 2.24) is 5.32 Å². The third-order valence-electron chi connectivity index (χ3n) is 4.11. The summed E-state index contributed by atoms with van der Waals surface area (Å²) in [5, 5.41) is 2.84. The van der Waals surface area contributed by atoms with Crippen LogP contribution in [0.5, 0.6) is 0 Å². The highest BCUT2D eigenvalue weighted by Crippen LogP contribution is 2.32. The van der Waals surface area contributed by atoms with Crippen molar-refractivity contribution in [3.63, 3.8) is 0 Å². The van der Waals surface area contributed by atoms with E-state index in [0.717, 1.165) is 22.3 Å². The molecule has 0 aliphatic carbocycles. The highest BCUT2D eigenvalue weighted by molar-refractivity contribution is 6.15. The summed E-state index contributed by atoms with van der Waals surface area (Å²) in [5.74, 6) is -0.642. The molecule has 1 aliphatic rings. The number of carbonyl (C=O) groups is 2. The lowest BCUT2D eigenvalue weighted by atomic mass is 9.84. The Hall–Kier alpha value is -1.64. The molecule has 102 valence electrons. The molecular formula is C16H21NO2. The number of nitrogens with one attached hydrogen (secondary N) is 1. The molecule has 2 rings (SSSR count). The maximum absolute atomic E-state index is 12.5. The van der Waals surface area contributed by atoms with E-state index in [1.165, 1.54) is 0 Å². The first kappa shape index (κ1) is 13.8. The van der Waals surface area contributed by atoms with Crippen molar-refractivity contribution in [2.45, 2.75) is 46.6 Å². The Morgan fingerprint density at radius 3 is 2.16 bits per heavy atom. The number of carbonyl (C=O) groups excluding carboxylic acids is 2. The number of amides is 1. The van der Waals surface area contributed by atoms with Crippen molar-refractivity contribution in [1.29, 1.82) is 0 Å². The number of rotatable bonds is 2. The van der Waals surface area contributed by atoms with Gasteiger partial charge in [0, 0.05) is 0 Å². The van der Waals surface area contributed by atoms with Crippen molar-refractivity contribution in [2.24, 2.45) is 5.92 Å². The topological polar surface area (TPSA) is 46.2 Å². The minimum absolute atomic E-state index is 0.0109. The molecule has 0 bridgehead atoms. The van der Waals surface area contributed by atoms with Gasteiger partial charge in [-0.3, -0.25) is 9.59 Å². The van der Waals surface area contributed by atoms with E-state index in [1.807, 2.05) is 46.8 Å². The standard InChI is InChI=1S/C16H21NO2/c1-8(2)14-15(18)13(16(19)17-14)12-10(4)7-6-9(3)11(12)5/h6-8,13-14H,1-5H3,(H,17,19). The van der Waals surface area contributed by atoms with E-state index in [9.17, 15) is 9.59 Å². The molecule has 1 heterocycles. The van der Waals surface area contributed by atoms with Crippen LogP contribution in [-0.2, 0) is 9.59 Å². The largest absolute Gasteiger partial charge is 0.345 e. The van der Waals surface area contributed by atoms with Gasteiger partial charge in [-0.05, 0) is 48.9 Å². The number of hydrogen-bond acceptors (Lipinski definition) is 2. The third-order valence-corrected chi connectivity index (χ3v) is 4.11. The number of benzene rings is 1. The van der Waals surface area contributed by atoms with E-state index < -0.39 is 5.92 Å². The Balaban J connectivity index is 2.51. The molecule has 1 aromatic carbocycles. The van der Waals surface area contributed by atoms with Gasteiger partial charge in [0.1, 0.15) is 5.92 Å². The molecule has 0 saturated carbocycles. The molecule has 0 aromatic heterocycles. The SMILES string of the molecule is Cc1ccc(C)c(C2C(=O)NC(C(C)C)C2=O)c1C. The Kier molecular flexibility index (Phi) is 3.48. The van der Waals surface area contributed by atoms with Crippen LogP contribution in [0.4, 0.5) is 0 Å². The summed E-state index contributed by atoms with van der Waals surface area (Å²) >= 11 is 0. The monoisotopic (exact) mass is 259 g/mol. The molecule has 1 saturated heterocycles. The van der Waals surface area contributed by atoms with Crippen LogP contribution in [-0.4, -0.2) is 17.7 Å². The number of Topliss-reactive ketones (excluding diaryl/α,β-unsaturated/α-hetero) is 1. The van der Waals surface area contributed by atoms with Crippen molar-refractivity contribution >= 4 is 11.7 Å². The zero-order valence-electron chi connectivity index (χ0n) is 12.2. The van der Waals surface area contributed by atoms with Crippen molar-refractivity contribution in [3.05, 3.63) is 34.4 Å². The Labute approximate surface area is 114 Å². The van der Waals surface area contributed by atoms with Crippen LogP contribution in [0.1, 0.15) is 42.0 Å². The van der Waals surface area contributed by atoms with Crippen LogP contribution in [0.15, 0.2) is 12.1 Å². The predicted octanol–water partition coefficient (Wildman–Crippen LogP) is 2.42. The molecular weight excluding hydrogens is 238 g/mol. The lowest BCUT2D eigenvalue weighted by Gasteiger charge is -2.16. The van der Waals surface area contributed by atoms with Gasteiger partial charge in [-0.2, -0.15) is 0 Å². The van der Waals surface area contributed by atoms with Crippen LogP contribution in [0.2, 0.25) is 0 Å². The van der Waals surface area contributed by atoms with E-state index in [-0.39, 0.29) is 23.7 Å². The van der Waals surface area contributed by atoms with Crippen LogP contribution in [0.3, 0.4) is 0 Å². The first-order valence-corrected chi connectivity index (χ1v) is 6.75. The fraction of sp³-hybridized carbons (Fsp3) is 0.500. The molecule has 2 atom stereocenters. The molecule has 1 aromatic rings. The first-order chi connectivity index (χ1) is 8.84. The van der Waals surface area contributed by atoms with E-state index in [1.54, 1.807) is 0 Å².